The van der Waals surface area contributed by atoms with E-state index in [1.54, 1.807) is 6.07 Å². The van der Waals surface area contributed by atoms with Crippen LogP contribution in [0, 0.1) is 0 Å². The van der Waals surface area contributed by atoms with Crippen LogP contribution in [0.1, 0.15) is 11.1 Å². The highest BCUT2D eigenvalue weighted by Gasteiger charge is 2.15. The molecule has 0 saturated heterocycles. The van der Waals surface area contributed by atoms with Crippen molar-refractivity contribution in [3.8, 4) is 17.2 Å². The van der Waals surface area contributed by atoms with Gasteiger partial charge >= 0.3 is 0 Å². The summed E-state index contributed by atoms with van der Waals surface area (Å²) in [6.07, 6.45) is 0. The van der Waals surface area contributed by atoms with Gasteiger partial charge in [-0.1, -0.05) is 30.3 Å². The van der Waals surface area contributed by atoms with E-state index >= 15 is 0 Å². The van der Waals surface area contributed by atoms with Gasteiger partial charge in [0.2, 0.25) is 0 Å². The van der Waals surface area contributed by atoms with Gasteiger partial charge in [0.05, 0.1) is 0 Å². The number of hydrogen-bond donors (Lipinski definition) is 2. The number of phenols is 1. The van der Waals surface area contributed by atoms with Crippen LogP contribution in [0.25, 0.3) is 0 Å². The zero-order valence-electron chi connectivity index (χ0n) is 11.1. The minimum absolute atomic E-state index is 0.315. The highest BCUT2D eigenvalue weighted by Crippen LogP contribution is 2.33. The number of phenolic OH excluding ortho intramolecular Hbond substituents is 1. The van der Waals surface area contributed by atoms with Gasteiger partial charge in [-0.05, 0) is 12.1 Å². The van der Waals surface area contributed by atoms with Gasteiger partial charge in [-0.15, -0.1) is 0 Å². The molecule has 0 saturated carbocycles. The molecule has 1 heterocycles. The molecule has 0 atom stereocenters. The van der Waals surface area contributed by atoms with Crippen LogP contribution in [-0.2, 0) is 13.1 Å². The minimum atomic E-state index is 0.315. The molecule has 2 aromatic carbocycles. The summed E-state index contributed by atoms with van der Waals surface area (Å²) in [6.45, 7) is 2.46. The van der Waals surface area contributed by atoms with Gasteiger partial charge in [-0.2, -0.15) is 0 Å². The standard InChI is InChI=1S/C16H17NO3/c18-14-6-2-1-4-12(14)10-17-11-13-5-3-7-15-16(13)20-9-8-19-15/h1-7,17-18H,8-11H2. The van der Waals surface area contributed by atoms with Crippen LogP contribution < -0.4 is 14.8 Å². The van der Waals surface area contributed by atoms with E-state index in [2.05, 4.69) is 5.32 Å². The van der Waals surface area contributed by atoms with E-state index in [-0.39, 0.29) is 0 Å². The van der Waals surface area contributed by atoms with Crippen LogP contribution >= 0.6 is 0 Å². The van der Waals surface area contributed by atoms with Gasteiger partial charge in [-0.25, -0.2) is 0 Å². The van der Waals surface area contributed by atoms with Crippen LogP contribution in [0.5, 0.6) is 17.2 Å². The lowest BCUT2D eigenvalue weighted by Gasteiger charge is -2.21. The van der Waals surface area contributed by atoms with Crippen molar-refractivity contribution in [3.05, 3.63) is 53.6 Å². The predicted molar refractivity (Wildman–Crippen MR) is 76.1 cm³/mol. The number of benzene rings is 2. The summed E-state index contributed by atoms with van der Waals surface area (Å²) in [4.78, 5) is 0. The zero-order valence-corrected chi connectivity index (χ0v) is 11.1. The van der Waals surface area contributed by atoms with Crippen molar-refractivity contribution in [2.75, 3.05) is 13.2 Å². The maximum atomic E-state index is 9.72. The average molecular weight is 271 g/mol. The second kappa shape index (κ2) is 5.84. The lowest BCUT2D eigenvalue weighted by molar-refractivity contribution is 0.169. The van der Waals surface area contributed by atoms with Gasteiger partial charge in [-0.3, -0.25) is 0 Å². The maximum Gasteiger partial charge on any atom is 0.165 e. The van der Waals surface area contributed by atoms with E-state index in [4.69, 9.17) is 9.47 Å². The summed E-state index contributed by atoms with van der Waals surface area (Å²) in [5.41, 5.74) is 1.95. The van der Waals surface area contributed by atoms with Crippen LogP contribution in [0.15, 0.2) is 42.5 Å². The summed E-state index contributed by atoms with van der Waals surface area (Å²) in [7, 11) is 0. The Morgan fingerprint density at radius 2 is 1.65 bits per heavy atom. The van der Waals surface area contributed by atoms with E-state index in [9.17, 15) is 5.11 Å². The van der Waals surface area contributed by atoms with Crippen molar-refractivity contribution in [2.24, 2.45) is 0 Å². The summed E-state index contributed by atoms with van der Waals surface area (Å²) in [5, 5.41) is 13.0. The molecule has 0 spiro atoms. The van der Waals surface area contributed by atoms with Gasteiger partial charge in [0.1, 0.15) is 19.0 Å². The molecular weight excluding hydrogens is 254 g/mol. The monoisotopic (exact) mass is 271 g/mol. The molecule has 1 aliphatic rings. The Bertz CT molecular complexity index is 598. The van der Waals surface area contributed by atoms with E-state index in [1.807, 2.05) is 36.4 Å². The Morgan fingerprint density at radius 1 is 0.900 bits per heavy atom. The largest absolute Gasteiger partial charge is 0.508 e. The van der Waals surface area contributed by atoms with Crippen molar-refractivity contribution in [2.45, 2.75) is 13.1 Å². The SMILES string of the molecule is Oc1ccccc1CNCc1cccc2c1OCCO2. The molecule has 3 rings (SSSR count). The minimum Gasteiger partial charge on any atom is -0.508 e. The first kappa shape index (κ1) is 12.8. The number of rotatable bonds is 4. The molecule has 0 aliphatic carbocycles. The van der Waals surface area contributed by atoms with Crippen molar-refractivity contribution in [3.63, 3.8) is 0 Å². The number of fused-ring (bicyclic) bond motifs is 1. The highest BCUT2D eigenvalue weighted by atomic mass is 16.6. The molecule has 2 aromatic rings. The first-order chi connectivity index (χ1) is 9.84. The van der Waals surface area contributed by atoms with Gasteiger partial charge in [0.25, 0.3) is 0 Å². The summed E-state index contributed by atoms with van der Waals surface area (Å²) in [6, 6.07) is 13.2. The van der Waals surface area contributed by atoms with Crippen LogP contribution in [0.2, 0.25) is 0 Å². The van der Waals surface area contributed by atoms with E-state index in [0.717, 1.165) is 22.6 Å². The molecule has 0 fully saturated rings. The summed E-state index contributed by atoms with van der Waals surface area (Å²) in [5.74, 6) is 1.94. The third-order valence-corrected chi connectivity index (χ3v) is 3.27. The predicted octanol–water partition coefficient (Wildman–Crippen LogP) is 2.45. The molecule has 1 aliphatic heterocycles. The van der Waals surface area contributed by atoms with Crippen LogP contribution in [0.3, 0.4) is 0 Å². The van der Waals surface area contributed by atoms with Gasteiger partial charge < -0.3 is 19.9 Å². The Balaban J connectivity index is 1.66. The molecular formula is C16H17NO3. The topological polar surface area (TPSA) is 50.7 Å². The fourth-order valence-corrected chi connectivity index (χ4v) is 2.27. The third-order valence-electron chi connectivity index (χ3n) is 3.27. The molecule has 0 bridgehead atoms. The molecule has 0 radical (unpaired) electrons. The first-order valence-electron chi connectivity index (χ1n) is 6.69. The van der Waals surface area contributed by atoms with Crippen molar-refractivity contribution >= 4 is 0 Å². The second-order valence-electron chi connectivity index (χ2n) is 4.67. The lowest BCUT2D eigenvalue weighted by atomic mass is 10.1. The molecule has 4 nitrogen and oxygen atoms in total. The molecule has 0 amide bonds. The molecule has 104 valence electrons. The second-order valence-corrected chi connectivity index (χ2v) is 4.67. The normalized spacial score (nSPS) is 13.2. The fourth-order valence-electron chi connectivity index (χ4n) is 2.27. The summed E-state index contributed by atoms with van der Waals surface area (Å²) >= 11 is 0. The van der Waals surface area contributed by atoms with Crippen LogP contribution in [0.4, 0.5) is 0 Å². The van der Waals surface area contributed by atoms with Gasteiger partial charge in [0, 0.05) is 24.2 Å². The molecule has 0 unspecified atom stereocenters. The highest BCUT2D eigenvalue weighted by molar-refractivity contribution is 5.47. The smallest absolute Gasteiger partial charge is 0.165 e. The van der Waals surface area contributed by atoms with E-state index in [1.165, 1.54) is 0 Å². The number of hydrogen-bond acceptors (Lipinski definition) is 4. The molecule has 0 aromatic heterocycles. The van der Waals surface area contributed by atoms with Crippen molar-refractivity contribution in [1.29, 1.82) is 0 Å². The van der Waals surface area contributed by atoms with Crippen molar-refractivity contribution < 1.29 is 14.6 Å². The van der Waals surface area contributed by atoms with Crippen molar-refractivity contribution in [1.82, 2.24) is 5.32 Å². The fraction of sp³-hybridized carbons (Fsp3) is 0.250. The number of nitrogens with one attached hydrogen (secondary N) is 1. The Kier molecular flexibility index (Phi) is 3.74. The molecule has 4 heteroatoms. The lowest BCUT2D eigenvalue weighted by Crippen LogP contribution is -2.19. The zero-order chi connectivity index (χ0) is 13.8. The average Bonchev–Trinajstić information content (AvgIpc) is 2.49. The quantitative estimate of drug-likeness (QED) is 0.897. The number of aromatic hydroxyl groups is 1. The van der Waals surface area contributed by atoms with E-state index in [0.29, 0.717) is 32.1 Å². The maximum absolute atomic E-state index is 9.72. The Hall–Kier alpha value is -2.20. The third kappa shape index (κ3) is 2.70. The van der Waals surface area contributed by atoms with E-state index < -0.39 is 0 Å². The Labute approximate surface area is 118 Å². The number of para-hydroxylation sites is 2. The first-order valence-corrected chi connectivity index (χ1v) is 6.69. The Morgan fingerprint density at radius 3 is 2.55 bits per heavy atom. The van der Waals surface area contributed by atoms with Gasteiger partial charge in [0.15, 0.2) is 11.5 Å². The molecule has 2 N–H and O–H groups in total. The molecule has 20 heavy (non-hydrogen) atoms. The summed E-state index contributed by atoms with van der Waals surface area (Å²) < 4.78 is 11.2. The van der Waals surface area contributed by atoms with Crippen LogP contribution in [-0.4, -0.2) is 18.3 Å². The number of ether oxygens (including phenoxy) is 2.